The normalized spacial score (nSPS) is 11.3. The minimum absolute atomic E-state index is 0.638. The molecule has 0 saturated carbocycles. The molecule has 0 aliphatic carbocycles. The molecule has 2 aromatic heterocycles. The maximum absolute atomic E-state index is 10.7. The summed E-state index contributed by atoms with van der Waals surface area (Å²) in [5.74, 6) is -0.989. The number of hydrogen-bond donors (Lipinski definition) is 2. The van der Waals surface area contributed by atoms with E-state index in [4.69, 9.17) is 16.7 Å². The van der Waals surface area contributed by atoms with E-state index >= 15 is 0 Å². The van der Waals surface area contributed by atoms with Gasteiger partial charge in [0, 0.05) is 40.3 Å². The highest BCUT2D eigenvalue weighted by molar-refractivity contribution is 6.31. The zero-order valence-corrected chi connectivity index (χ0v) is 12.3. The van der Waals surface area contributed by atoms with Crippen molar-refractivity contribution in [1.82, 2.24) is 9.97 Å². The standard InChI is InChI=1S/C17H13ClN2O2/c18-13-3-4-16-12(8-13)10-14(20-16)9-11-2-1-7-19-15(11)5-6-17(21)22/h1-8,10,20H,9H2,(H,21,22). The van der Waals surface area contributed by atoms with E-state index in [2.05, 4.69) is 9.97 Å². The molecule has 2 N–H and O–H groups in total. The molecule has 110 valence electrons. The summed E-state index contributed by atoms with van der Waals surface area (Å²) < 4.78 is 0. The summed E-state index contributed by atoms with van der Waals surface area (Å²) in [6, 6.07) is 11.5. The number of aliphatic carboxylic acids is 1. The first-order valence-electron chi connectivity index (χ1n) is 6.74. The van der Waals surface area contributed by atoms with Gasteiger partial charge >= 0.3 is 5.97 Å². The number of carbonyl (C=O) groups is 1. The number of nitrogens with one attached hydrogen (secondary N) is 1. The SMILES string of the molecule is O=C(O)C=Cc1ncccc1Cc1cc2cc(Cl)ccc2[nH]1. The molecule has 0 fully saturated rings. The van der Waals surface area contributed by atoms with E-state index < -0.39 is 5.97 Å². The quantitative estimate of drug-likeness (QED) is 0.718. The molecular formula is C17H13ClN2O2. The van der Waals surface area contributed by atoms with Crippen LogP contribution in [0.25, 0.3) is 17.0 Å². The van der Waals surface area contributed by atoms with Crippen LogP contribution in [0.2, 0.25) is 5.02 Å². The van der Waals surface area contributed by atoms with Crippen molar-refractivity contribution >= 4 is 34.5 Å². The third kappa shape index (κ3) is 3.18. The van der Waals surface area contributed by atoms with Crippen LogP contribution >= 0.6 is 11.6 Å². The predicted molar refractivity (Wildman–Crippen MR) is 87.0 cm³/mol. The molecular weight excluding hydrogens is 300 g/mol. The Morgan fingerprint density at radius 3 is 3.00 bits per heavy atom. The third-order valence-electron chi connectivity index (χ3n) is 3.33. The van der Waals surface area contributed by atoms with Gasteiger partial charge < -0.3 is 10.1 Å². The molecule has 0 aliphatic heterocycles. The molecule has 0 amide bonds. The van der Waals surface area contributed by atoms with Crippen LogP contribution in [0.4, 0.5) is 0 Å². The molecule has 4 nitrogen and oxygen atoms in total. The topological polar surface area (TPSA) is 66.0 Å². The summed E-state index contributed by atoms with van der Waals surface area (Å²) in [5, 5.41) is 10.5. The van der Waals surface area contributed by atoms with Crippen LogP contribution in [0.3, 0.4) is 0 Å². The van der Waals surface area contributed by atoms with E-state index in [-0.39, 0.29) is 0 Å². The number of carboxylic acid groups (broad SMARTS) is 1. The van der Waals surface area contributed by atoms with Crippen LogP contribution in [-0.4, -0.2) is 21.0 Å². The average Bonchev–Trinajstić information content (AvgIpc) is 2.87. The Kier molecular flexibility index (Phi) is 3.94. The van der Waals surface area contributed by atoms with Crippen molar-refractivity contribution in [1.29, 1.82) is 0 Å². The number of aromatic amines is 1. The van der Waals surface area contributed by atoms with Crippen LogP contribution in [-0.2, 0) is 11.2 Å². The Morgan fingerprint density at radius 1 is 1.32 bits per heavy atom. The number of nitrogens with zero attached hydrogens (tertiary/aromatic N) is 1. The number of fused-ring (bicyclic) bond motifs is 1. The van der Waals surface area contributed by atoms with Gasteiger partial charge in [-0.05, 0) is 42.0 Å². The number of pyridine rings is 1. The Labute approximate surface area is 132 Å². The summed E-state index contributed by atoms with van der Waals surface area (Å²) in [7, 11) is 0. The van der Waals surface area contributed by atoms with Gasteiger partial charge in [-0.3, -0.25) is 4.98 Å². The van der Waals surface area contributed by atoms with Crippen molar-refractivity contribution in [3.05, 3.63) is 70.6 Å². The highest BCUT2D eigenvalue weighted by Crippen LogP contribution is 2.22. The molecule has 3 aromatic rings. The second-order valence-corrected chi connectivity index (χ2v) is 5.36. The number of rotatable bonds is 4. The zero-order valence-electron chi connectivity index (χ0n) is 11.6. The maximum atomic E-state index is 10.7. The number of hydrogen-bond acceptors (Lipinski definition) is 2. The van der Waals surface area contributed by atoms with Gasteiger partial charge in [0.15, 0.2) is 0 Å². The minimum Gasteiger partial charge on any atom is -0.478 e. The van der Waals surface area contributed by atoms with Crippen LogP contribution in [0, 0.1) is 0 Å². The Bertz CT molecular complexity index is 868. The molecule has 3 rings (SSSR count). The molecule has 1 aromatic carbocycles. The molecule has 0 radical (unpaired) electrons. The number of benzene rings is 1. The first kappa shape index (κ1) is 14.4. The van der Waals surface area contributed by atoms with E-state index in [1.807, 2.05) is 36.4 Å². The molecule has 2 heterocycles. The lowest BCUT2D eigenvalue weighted by Crippen LogP contribution is -1.95. The van der Waals surface area contributed by atoms with Crippen LogP contribution in [0.1, 0.15) is 17.0 Å². The lowest BCUT2D eigenvalue weighted by atomic mass is 10.1. The van der Waals surface area contributed by atoms with E-state index in [0.29, 0.717) is 17.1 Å². The fraction of sp³-hybridized carbons (Fsp3) is 0.0588. The van der Waals surface area contributed by atoms with Gasteiger partial charge in [0.25, 0.3) is 0 Å². The highest BCUT2D eigenvalue weighted by atomic mass is 35.5. The second kappa shape index (κ2) is 6.03. The fourth-order valence-corrected chi connectivity index (χ4v) is 2.55. The van der Waals surface area contributed by atoms with Gasteiger partial charge in [-0.15, -0.1) is 0 Å². The first-order valence-corrected chi connectivity index (χ1v) is 7.11. The van der Waals surface area contributed by atoms with E-state index in [1.165, 1.54) is 6.08 Å². The van der Waals surface area contributed by atoms with Gasteiger partial charge in [-0.2, -0.15) is 0 Å². The number of H-pyrrole nitrogens is 1. The van der Waals surface area contributed by atoms with Crippen molar-refractivity contribution in [3.8, 4) is 0 Å². The van der Waals surface area contributed by atoms with E-state index in [0.717, 1.165) is 28.2 Å². The van der Waals surface area contributed by atoms with Crippen LogP contribution in [0.5, 0.6) is 0 Å². The summed E-state index contributed by atoms with van der Waals surface area (Å²) in [6.45, 7) is 0. The second-order valence-electron chi connectivity index (χ2n) is 4.92. The molecule has 0 bridgehead atoms. The Hall–Kier alpha value is -2.59. The molecule has 0 unspecified atom stereocenters. The van der Waals surface area contributed by atoms with Gasteiger partial charge in [0.05, 0.1) is 5.69 Å². The smallest absolute Gasteiger partial charge is 0.328 e. The molecule has 5 heteroatoms. The van der Waals surface area contributed by atoms with Crippen molar-refractivity contribution in [2.24, 2.45) is 0 Å². The number of carboxylic acids is 1. The summed E-state index contributed by atoms with van der Waals surface area (Å²) in [5.41, 5.74) is 3.65. The van der Waals surface area contributed by atoms with Gasteiger partial charge in [-0.1, -0.05) is 17.7 Å². The lowest BCUT2D eigenvalue weighted by Gasteiger charge is -2.03. The number of halogens is 1. The first-order chi connectivity index (χ1) is 10.6. The zero-order chi connectivity index (χ0) is 15.5. The minimum atomic E-state index is -0.989. The molecule has 0 atom stereocenters. The highest BCUT2D eigenvalue weighted by Gasteiger charge is 2.06. The molecule has 0 aliphatic rings. The predicted octanol–water partition coefficient (Wildman–Crippen LogP) is 3.90. The molecule has 0 saturated heterocycles. The fourth-order valence-electron chi connectivity index (χ4n) is 2.36. The largest absolute Gasteiger partial charge is 0.478 e. The van der Waals surface area contributed by atoms with Gasteiger partial charge in [0.1, 0.15) is 0 Å². The number of aromatic nitrogens is 2. The lowest BCUT2D eigenvalue weighted by molar-refractivity contribution is -0.131. The molecule has 22 heavy (non-hydrogen) atoms. The van der Waals surface area contributed by atoms with Gasteiger partial charge in [-0.25, -0.2) is 4.79 Å². The van der Waals surface area contributed by atoms with Gasteiger partial charge in [0.2, 0.25) is 0 Å². The summed E-state index contributed by atoms with van der Waals surface area (Å²) in [4.78, 5) is 18.2. The average molecular weight is 313 g/mol. The van der Waals surface area contributed by atoms with Crippen molar-refractivity contribution in [3.63, 3.8) is 0 Å². The maximum Gasteiger partial charge on any atom is 0.328 e. The summed E-state index contributed by atoms with van der Waals surface area (Å²) in [6.07, 6.45) is 4.89. The Morgan fingerprint density at radius 2 is 2.18 bits per heavy atom. The monoisotopic (exact) mass is 312 g/mol. The van der Waals surface area contributed by atoms with Crippen molar-refractivity contribution < 1.29 is 9.90 Å². The van der Waals surface area contributed by atoms with E-state index in [1.54, 1.807) is 6.20 Å². The van der Waals surface area contributed by atoms with Crippen molar-refractivity contribution in [2.45, 2.75) is 6.42 Å². The van der Waals surface area contributed by atoms with Crippen molar-refractivity contribution in [2.75, 3.05) is 0 Å². The molecule has 0 spiro atoms. The van der Waals surface area contributed by atoms with E-state index in [9.17, 15) is 4.79 Å². The Balaban J connectivity index is 1.93. The third-order valence-corrected chi connectivity index (χ3v) is 3.56. The summed E-state index contributed by atoms with van der Waals surface area (Å²) >= 11 is 6.00. The van der Waals surface area contributed by atoms with Crippen LogP contribution < -0.4 is 0 Å². The van der Waals surface area contributed by atoms with Crippen LogP contribution in [0.15, 0.2) is 48.7 Å².